The van der Waals surface area contributed by atoms with E-state index in [9.17, 15) is 27.8 Å². The lowest BCUT2D eigenvalue weighted by Crippen LogP contribution is -2.35. The smallest absolute Gasteiger partial charge is 0.381 e. The first-order valence-electron chi connectivity index (χ1n) is 7.31. The monoisotopic (exact) mass is 485 g/mol. The maximum absolute atomic E-state index is 13.3. The van der Waals surface area contributed by atoms with Crippen molar-refractivity contribution < 1.29 is 60.4 Å². The van der Waals surface area contributed by atoms with Crippen LogP contribution in [0.3, 0.4) is 0 Å². The number of hydrogen-bond donors (Lipinski definition) is 5. The van der Waals surface area contributed by atoms with Crippen molar-refractivity contribution in [2.45, 2.75) is 25.2 Å². The van der Waals surface area contributed by atoms with Crippen LogP contribution in [0.5, 0.6) is 0 Å². The Morgan fingerprint density at radius 1 is 1.21 bits per heavy atom. The highest BCUT2D eigenvalue weighted by Crippen LogP contribution is 2.66. The van der Waals surface area contributed by atoms with E-state index in [0.29, 0.717) is 10.9 Å². The molecule has 20 heteroatoms. The molecule has 2 unspecified atom stereocenters. The molecule has 1 aromatic heterocycles. The second-order valence-corrected chi connectivity index (χ2v) is 9.76. The molecular weight excluding hydrogens is 470 g/mol. The molecule has 1 fully saturated rings. The molecular formula is C9H15FN3O13P3. The van der Waals surface area contributed by atoms with E-state index in [1.54, 1.807) is 0 Å². The molecule has 1 saturated heterocycles. The van der Waals surface area contributed by atoms with Gasteiger partial charge in [-0.25, -0.2) is 22.9 Å². The second-order valence-electron chi connectivity index (χ2n) is 5.34. The van der Waals surface area contributed by atoms with Crippen molar-refractivity contribution in [1.82, 2.24) is 9.71 Å². The van der Waals surface area contributed by atoms with E-state index < -0.39 is 59.8 Å². The Morgan fingerprint density at radius 2 is 1.86 bits per heavy atom. The molecule has 2 heterocycles. The molecule has 6 N–H and O–H groups in total. The number of phosphoric ester groups is 1. The highest BCUT2D eigenvalue weighted by atomic mass is 31.3. The predicted molar refractivity (Wildman–Crippen MR) is 87.2 cm³/mol. The van der Waals surface area contributed by atoms with Crippen LogP contribution in [-0.4, -0.2) is 48.3 Å². The van der Waals surface area contributed by atoms with Crippen molar-refractivity contribution in [3.63, 3.8) is 0 Å². The Labute approximate surface area is 160 Å². The summed E-state index contributed by atoms with van der Waals surface area (Å²) in [5.41, 5.74) is 4.10. The first kappa shape index (κ1) is 24.1. The fourth-order valence-corrected chi connectivity index (χ4v) is 5.03. The summed E-state index contributed by atoms with van der Waals surface area (Å²) in [6, 6.07) is 0. The number of halogens is 1. The summed E-state index contributed by atoms with van der Waals surface area (Å²) in [6.45, 7) is -0.688. The zero-order chi connectivity index (χ0) is 22.0. The van der Waals surface area contributed by atoms with Crippen LogP contribution < -0.4 is 16.3 Å². The van der Waals surface area contributed by atoms with Crippen molar-refractivity contribution in [3.05, 3.63) is 22.5 Å². The van der Waals surface area contributed by atoms with Crippen LogP contribution in [-0.2, 0) is 31.6 Å². The van der Waals surface area contributed by atoms with Gasteiger partial charge in [-0.2, -0.15) is 13.6 Å². The van der Waals surface area contributed by atoms with Crippen LogP contribution in [0.4, 0.5) is 10.2 Å². The van der Waals surface area contributed by atoms with E-state index in [1.165, 1.54) is 0 Å². The predicted octanol–water partition coefficient (Wildman–Crippen LogP) is -0.758. The van der Waals surface area contributed by atoms with Crippen molar-refractivity contribution in [2.24, 2.45) is 0 Å². The van der Waals surface area contributed by atoms with Gasteiger partial charge in [0.05, 0.1) is 18.9 Å². The van der Waals surface area contributed by atoms with Crippen molar-refractivity contribution in [2.75, 3.05) is 12.3 Å². The summed E-state index contributed by atoms with van der Waals surface area (Å²) in [5.74, 6) is -1.65. The number of rotatable bonds is 9. The summed E-state index contributed by atoms with van der Waals surface area (Å²) in [4.78, 5) is 55.0. The van der Waals surface area contributed by atoms with Gasteiger partial charge in [-0.3, -0.25) is 4.52 Å². The zero-order valence-electron chi connectivity index (χ0n) is 14.0. The number of nitrogens with zero attached hydrogens (tertiary/aromatic N) is 2. The van der Waals surface area contributed by atoms with Gasteiger partial charge < -0.3 is 34.9 Å². The fourth-order valence-electron chi connectivity index (χ4n) is 1.99. The topological polar surface area (TPSA) is 239 Å². The standard InChI is InChI=1S/C9H15FN3O13P3/c10-6-3-13(9(14)12-8(6)11)24-7-2-1-5(23-7)4-22-28(18,19)26-29(20,21)25-27(15,16)17/h3,5,7H,1-2,4H2,(H,18,19)(H,20,21)(H2,11,12,14)(H2,15,16,17)/t5-,7-/m1/s1. The molecule has 0 spiro atoms. The van der Waals surface area contributed by atoms with E-state index in [2.05, 4.69) is 18.1 Å². The fraction of sp³-hybridized carbons (Fsp3) is 0.556. The summed E-state index contributed by atoms with van der Waals surface area (Å²) in [5, 5.41) is 0. The van der Waals surface area contributed by atoms with Crippen molar-refractivity contribution >= 4 is 29.3 Å². The molecule has 0 saturated carbocycles. The Morgan fingerprint density at radius 3 is 2.48 bits per heavy atom. The SMILES string of the molecule is Nc1nc(=O)n(O[C@@H]2CC[C@H](COP(=O)(O)OP(=O)(O)OP(=O)(O)O)O2)cc1F. The minimum absolute atomic E-state index is 0.128. The molecule has 2 rings (SSSR count). The molecule has 1 aliphatic rings. The molecule has 0 amide bonds. The summed E-state index contributed by atoms with van der Waals surface area (Å²) >= 11 is 0. The van der Waals surface area contributed by atoms with E-state index in [1.807, 2.05) is 0 Å². The number of nitrogen functional groups attached to an aromatic ring is 1. The first-order chi connectivity index (χ1) is 13.2. The van der Waals surface area contributed by atoms with Gasteiger partial charge in [0.2, 0.25) is 6.29 Å². The van der Waals surface area contributed by atoms with Crippen LogP contribution >= 0.6 is 23.5 Å². The second kappa shape index (κ2) is 8.88. The lowest BCUT2D eigenvalue weighted by atomic mass is 10.2. The van der Waals surface area contributed by atoms with E-state index >= 15 is 0 Å². The van der Waals surface area contributed by atoms with Gasteiger partial charge in [-0.05, 0) is 6.42 Å². The number of aromatic nitrogens is 2. The van der Waals surface area contributed by atoms with Crippen LogP contribution in [0.2, 0.25) is 0 Å². The molecule has 4 atom stereocenters. The lowest BCUT2D eigenvalue weighted by Gasteiger charge is -2.18. The number of nitrogens with two attached hydrogens (primary N) is 1. The molecule has 29 heavy (non-hydrogen) atoms. The number of ether oxygens (including phenoxy) is 1. The van der Waals surface area contributed by atoms with E-state index in [-0.39, 0.29) is 12.8 Å². The lowest BCUT2D eigenvalue weighted by molar-refractivity contribution is -0.145. The molecule has 0 aliphatic carbocycles. The molecule has 1 aliphatic heterocycles. The number of hydrogen-bond acceptors (Lipinski definition) is 11. The maximum Gasteiger partial charge on any atom is 0.490 e. The highest BCUT2D eigenvalue weighted by molar-refractivity contribution is 7.66. The van der Waals surface area contributed by atoms with Crippen LogP contribution in [0.15, 0.2) is 11.0 Å². The van der Waals surface area contributed by atoms with Gasteiger partial charge in [-0.15, -0.1) is 4.73 Å². The van der Waals surface area contributed by atoms with Gasteiger partial charge in [0.25, 0.3) is 0 Å². The average molecular weight is 485 g/mol. The maximum atomic E-state index is 13.3. The van der Waals surface area contributed by atoms with Gasteiger partial charge >= 0.3 is 29.2 Å². The quantitative estimate of drug-likeness (QED) is 0.270. The molecule has 16 nitrogen and oxygen atoms in total. The van der Waals surface area contributed by atoms with Gasteiger partial charge in [0, 0.05) is 6.42 Å². The Hall–Kier alpha value is -1.22. The number of phosphoric acid groups is 3. The molecule has 1 aromatic rings. The Kier molecular flexibility index (Phi) is 7.36. The van der Waals surface area contributed by atoms with Crippen LogP contribution in [0.25, 0.3) is 0 Å². The average Bonchev–Trinajstić information content (AvgIpc) is 2.95. The van der Waals surface area contributed by atoms with E-state index in [0.717, 1.165) is 0 Å². The third-order valence-corrected chi connectivity index (χ3v) is 6.82. The van der Waals surface area contributed by atoms with Crippen molar-refractivity contribution in [1.29, 1.82) is 0 Å². The third-order valence-electron chi connectivity index (χ3n) is 3.02. The summed E-state index contributed by atoms with van der Waals surface area (Å²) in [6.07, 6.45) is -1.12. The Balaban J connectivity index is 1.88. The van der Waals surface area contributed by atoms with E-state index in [4.69, 9.17) is 30.0 Å². The summed E-state index contributed by atoms with van der Waals surface area (Å²) in [7, 11) is -16.4. The largest absolute Gasteiger partial charge is 0.490 e. The van der Waals surface area contributed by atoms with Crippen molar-refractivity contribution in [3.8, 4) is 0 Å². The van der Waals surface area contributed by atoms with Crippen LogP contribution in [0, 0.1) is 5.82 Å². The molecule has 0 aromatic carbocycles. The Bertz CT molecular complexity index is 949. The summed E-state index contributed by atoms with van der Waals surface area (Å²) < 4.78 is 63.9. The zero-order valence-corrected chi connectivity index (χ0v) is 16.7. The van der Waals surface area contributed by atoms with Gasteiger partial charge in [-0.1, -0.05) is 0 Å². The third kappa shape index (κ3) is 7.85. The minimum Gasteiger partial charge on any atom is -0.381 e. The molecule has 166 valence electrons. The first-order valence-corrected chi connectivity index (χ1v) is 11.8. The minimum atomic E-state index is -5.63. The van der Waals surface area contributed by atoms with Gasteiger partial charge in [0.1, 0.15) is 0 Å². The normalized spacial score (nSPS) is 24.0. The molecule has 0 bridgehead atoms. The highest BCUT2D eigenvalue weighted by Gasteiger charge is 2.41. The van der Waals surface area contributed by atoms with Gasteiger partial charge in [0.15, 0.2) is 11.6 Å². The number of anilines is 1. The molecule has 0 radical (unpaired) electrons. The van der Waals surface area contributed by atoms with Crippen LogP contribution in [0.1, 0.15) is 12.8 Å².